The molecule has 0 aromatic carbocycles. The van der Waals surface area contributed by atoms with Crippen LogP contribution in [0.2, 0.25) is 0 Å². The zero-order valence-corrected chi connectivity index (χ0v) is 8.60. The largest absolute Gasteiger partial charge is 0.386 e. The first-order chi connectivity index (χ1) is 6.03. The minimum Gasteiger partial charge on any atom is -0.386 e. The molecule has 1 atom stereocenters. The molecule has 0 saturated carbocycles. The molecule has 1 N–H and O–H groups in total. The minimum atomic E-state index is -3.33. The molecule has 0 fully saturated rings. The van der Waals surface area contributed by atoms with Crippen LogP contribution in [0.1, 0.15) is 11.0 Å². The number of nitrogens with zero attached hydrogens (tertiary/aromatic N) is 1. The predicted molar refractivity (Wildman–Crippen MR) is 49.1 cm³/mol. The highest BCUT2D eigenvalue weighted by Gasteiger charge is 2.34. The van der Waals surface area contributed by atoms with Crippen molar-refractivity contribution in [3.63, 3.8) is 0 Å². The SMILES string of the molecule is CN1C[C@@H](O)c2sccc2S1(=O)=O. The normalized spacial score (nSPS) is 27.1. The molecule has 0 bridgehead atoms. The summed E-state index contributed by atoms with van der Waals surface area (Å²) in [7, 11) is -1.86. The molecule has 1 aromatic heterocycles. The number of thiophene rings is 1. The molecular weight excluding hydrogens is 210 g/mol. The van der Waals surface area contributed by atoms with Crippen molar-refractivity contribution >= 4 is 21.4 Å². The summed E-state index contributed by atoms with van der Waals surface area (Å²) < 4.78 is 24.4. The second-order valence-electron chi connectivity index (χ2n) is 2.95. The molecule has 2 rings (SSSR count). The van der Waals surface area contributed by atoms with Gasteiger partial charge in [0.05, 0.1) is 9.77 Å². The highest BCUT2D eigenvalue weighted by molar-refractivity contribution is 7.89. The molecule has 0 unspecified atom stereocenters. The zero-order chi connectivity index (χ0) is 9.64. The van der Waals surface area contributed by atoms with E-state index in [1.165, 1.54) is 28.8 Å². The van der Waals surface area contributed by atoms with E-state index in [1.54, 1.807) is 5.38 Å². The third kappa shape index (κ3) is 1.21. The predicted octanol–water partition coefficient (Wildman–Crippen LogP) is 0.416. The number of rotatable bonds is 0. The maximum absolute atomic E-state index is 11.6. The molecule has 0 aliphatic carbocycles. The van der Waals surface area contributed by atoms with E-state index in [0.29, 0.717) is 4.88 Å². The third-order valence-corrected chi connectivity index (χ3v) is 5.11. The van der Waals surface area contributed by atoms with Gasteiger partial charge in [0.15, 0.2) is 0 Å². The fraction of sp³-hybridized carbons (Fsp3) is 0.429. The van der Waals surface area contributed by atoms with Crippen molar-refractivity contribution in [2.75, 3.05) is 13.6 Å². The van der Waals surface area contributed by atoms with E-state index in [4.69, 9.17) is 0 Å². The Morgan fingerprint density at radius 1 is 1.69 bits per heavy atom. The molecule has 2 heterocycles. The fourth-order valence-corrected chi connectivity index (χ4v) is 3.97. The van der Waals surface area contributed by atoms with E-state index < -0.39 is 16.1 Å². The van der Waals surface area contributed by atoms with Gasteiger partial charge in [-0.2, -0.15) is 4.31 Å². The summed E-state index contributed by atoms with van der Waals surface area (Å²) >= 11 is 1.28. The van der Waals surface area contributed by atoms with Gasteiger partial charge in [0.25, 0.3) is 0 Å². The van der Waals surface area contributed by atoms with Crippen molar-refractivity contribution in [3.05, 3.63) is 16.3 Å². The molecule has 0 saturated heterocycles. The average molecular weight is 219 g/mol. The number of aliphatic hydroxyl groups excluding tert-OH is 1. The lowest BCUT2D eigenvalue weighted by Gasteiger charge is -2.25. The van der Waals surface area contributed by atoms with E-state index >= 15 is 0 Å². The lowest BCUT2D eigenvalue weighted by molar-refractivity contribution is 0.150. The van der Waals surface area contributed by atoms with Gasteiger partial charge in [-0.1, -0.05) is 0 Å². The van der Waals surface area contributed by atoms with E-state index in [-0.39, 0.29) is 11.4 Å². The Morgan fingerprint density at radius 2 is 2.38 bits per heavy atom. The van der Waals surface area contributed by atoms with Crippen molar-refractivity contribution in [3.8, 4) is 0 Å². The van der Waals surface area contributed by atoms with Crippen molar-refractivity contribution in [2.24, 2.45) is 0 Å². The number of β-amino-alcohol motifs (C(OH)–C–C–N with tert-alkyl or cyclic N) is 1. The highest BCUT2D eigenvalue weighted by Crippen LogP contribution is 2.34. The Bertz CT molecular complexity index is 423. The van der Waals surface area contributed by atoms with E-state index in [9.17, 15) is 13.5 Å². The second-order valence-corrected chi connectivity index (χ2v) is 5.91. The van der Waals surface area contributed by atoms with E-state index in [2.05, 4.69) is 0 Å². The molecule has 6 heteroatoms. The summed E-state index contributed by atoms with van der Waals surface area (Å²) in [5, 5.41) is 11.2. The maximum Gasteiger partial charge on any atom is 0.244 e. The number of aliphatic hydroxyl groups is 1. The van der Waals surface area contributed by atoms with Crippen LogP contribution in [0.4, 0.5) is 0 Å². The first-order valence-electron chi connectivity index (χ1n) is 3.75. The number of hydrogen-bond donors (Lipinski definition) is 1. The molecular formula is C7H9NO3S2. The maximum atomic E-state index is 11.6. The van der Waals surface area contributed by atoms with Crippen LogP contribution < -0.4 is 0 Å². The van der Waals surface area contributed by atoms with Gasteiger partial charge in [0.1, 0.15) is 6.10 Å². The minimum absolute atomic E-state index is 0.149. The lowest BCUT2D eigenvalue weighted by atomic mass is 10.3. The van der Waals surface area contributed by atoms with Gasteiger partial charge in [-0.25, -0.2) is 8.42 Å². The first kappa shape index (κ1) is 9.14. The van der Waals surface area contributed by atoms with Crippen molar-refractivity contribution in [1.29, 1.82) is 0 Å². The smallest absolute Gasteiger partial charge is 0.244 e. The van der Waals surface area contributed by atoms with Crippen LogP contribution in [0.15, 0.2) is 16.3 Å². The standard InChI is InChI=1S/C7H9NO3S2/c1-8-4-5(9)7-6(2-3-12-7)13(8,10)11/h2-3,5,9H,4H2,1H3/t5-/m1/s1. The van der Waals surface area contributed by atoms with E-state index in [1.807, 2.05) is 0 Å². The topological polar surface area (TPSA) is 57.6 Å². The first-order valence-corrected chi connectivity index (χ1v) is 6.07. The van der Waals surface area contributed by atoms with Gasteiger partial charge in [-0.15, -0.1) is 11.3 Å². The van der Waals surface area contributed by atoms with Crippen LogP contribution in [-0.4, -0.2) is 31.4 Å². The summed E-state index contributed by atoms with van der Waals surface area (Å²) in [6, 6.07) is 1.54. The van der Waals surface area contributed by atoms with Gasteiger partial charge in [0.2, 0.25) is 10.0 Å². The van der Waals surface area contributed by atoms with E-state index in [0.717, 1.165) is 0 Å². The quantitative estimate of drug-likeness (QED) is 0.688. The third-order valence-electron chi connectivity index (χ3n) is 2.08. The summed E-state index contributed by atoms with van der Waals surface area (Å²) in [6.07, 6.45) is -0.677. The summed E-state index contributed by atoms with van der Waals surface area (Å²) in [4.78, 5) is 0.803. The van der Waals surface area contributed by atoms with Crippen molar-refractivity contribution in [2.45, 2.75) is 11.0 Å². The molecule has 4 nitrogen and oxygen atoms in total. The zero-order valence-electron chi connectivity index (χ0n) is 6.97. The van der Waals surface area contributed by atoms with Gasteiger partial charge in [-0.3, -0.25) is 0 Å². The molecule has 0 amide bonds. The Morgan fingerprint density at radius 3 is 3.08 bits per heavy atom. The number of likely N-dealkylation sites (N-methyl/N-ethyl adjacent to an activating group) is 1. The van der Waals surface area contributed by atoms with Gasteiger partial charge in [0, 0.05) is 13.6 Å². The van der Waals surface area contributed by atoms with Gasteiger partial charge >= 0.3 is 0 Å². The van der Waals surface area contributed by atoms with Crippen LogP contribution in [-0.2, 0) is 10.0 Å². The number of sulfonamides is 1. The van der Waals surface area contributed by atoms with Crippen molar-refractivity contribution in [1.82, 2.24) is 4.31 Å². The average Bonchev–Trinajstić information content (AvgIpc) is 2.49. The fourth-order valence-electron chi connectivity index (χ4n) is 1.36. The number of hydrogen-bond acceptors (Lipinski definition) is 4. The van der Waals surface area contributed by atoms with Crippen LogP contribution in [0.3, 0.4) is 0 Å². The van der Waals surface area contributed by atoms with Crippen LogP contribution in [0.25, 0.3) is 0 Å². The molecule has 0 radical (unpaired) electrons. The van der Waals surface area contributed by atoms with Gasteiger partial charge < -0.3 is 5.11 Å². The molecule has 1 aliphatic heterocycles. The molecule has 72 valence electrons. The van der Waals surface area contributed by atoms with Gasteiger partial charge in [-0.05, 0) is 11.4 Å². The summed E-state index contributed by atoms with van der Waals surface area (Å²) in [5.41, 5.74) is 0. The monoisotopic (exact) mass is 219 g/mol. The highest BCUT2D eigenvalue weighted by atomic mass is 32.2. The summed E-state index contributed by atoms with van der Waals surface area (Å²) in [5.74, 6) is 0. The van der Waals surface area contributed by atoms with Crippen LogP contribution in [0.5, 0.6) is 0 Å². The Labute approximate surface area is 80.5 Å². The Hall–Kier alpha value is -0.430. The lowest BCUT2D eigenvalue weighted by Crippen LogP contribution is -2.35. The second kappa shape index (κ2) is 2.78. The summed E-state index contributed by atoms with van der Waals surface area (Å²) in [6.45, 7) is 0.149. The van der Waals surface area contributed by atoms with Crippen LogP contribution >= 0.6 is 11.3 Å². The van der Waals surface area contributed by atoms with Crippen molar-refractivity contribution < 1.29 is 13.5 Å². The molecule has 0 spiro atoms. The Balaban J connectivity index is 2.66. The molecule has 1 aliphatic rings. The van der Waals surface area contributed by atoms with Crippen LogP contribution in [0, 0.1) is 0 Å². The number of fused-ring (bicyclic) bond motifs is 1. The Kier molecular flexibility index (Phi) is 1.95. The molecule has 1 aromatic rings. The molecule has 13 heavy (non-hydrogen) atoms.